The fourth-order valence-electron chi connectivity index (χ4n) is 1.05. The van der Waals surface area contributed by atoms with E-state index in [1.54, 1.807) is 6.92 Å². The topological polar surface area (TPSA) is 93.4 Å². The van der Waals surface area contributed by atoms with Crippen molar-refractivity contribution in [3.05, 3.63) is 16.8 Å². The Hall–Kier alpha value is -1.34. The van der Waals surface area contributed by atoms with E-state index in [0.29, 0.717) is 21.6 Å². The van der Waals surface area contributed by atoms with Crippen LogP contribution in [0.5, 0.6) is 0 Å². The van der Waals surface area contributed by atoms with Gasteiger partial charge in [-0.2, -0.15) is 0 Å². The molecule has 84 valence electrons. The first kappa shape index (κ1) is 11.2. The predicted octanol–water partition coefficient (Wildman–Crippen LogP) is 1.60. The van der Waals surface area contributed by atoms with Crippen molar-refractivity contribution in [3.63, 3.8) is 0 Å². The summed E-state index contributed by atoms with van der Waals surface area (Å²) in [6.07, 6.45) is 0. The van der Waals surface area contributed by atoms with E-state index in [4.69, 9.17) is 17.3 Å². The van der Waals surface area contributed by atoms with Crippen LogP contribution in [0.4, 0.5) is 5.69 Å². The molecule has 0 aromatic carbocycles. The van der Waals surface area contributed by atoms with Gasteiger partial charge >= 0.3 is 0 Å². The lowest BCUT2D eigenvalue weighted by atomic mass is 10.4. The number of nitrogens with two attached hydrogens (primary N) is 1. The molecule has 0 atom stereocenters. The largest absolute Gasteiger partial charge is 0.395 e. The average Bonchev–Trinajstić information content (AvgIpc) is 2.60. The Bertz CT molecular complexity index is 525. The van der Waals surface area contributed by atoms with Crippen LogP contribution < -0.4 is 5.73 Å². The van der Waals surface area contributed by atoms with Gasteiger partial charge in [-0.3, -0.25) is 5.10 Å². The first-order valence-corrected chi connectivity index (χ1v) is 5.62. The molecule has 2 aromatic rings. The van der Waals surface area contributed by atoms with Gasteiger partial charge in [0.05, 0.1) is 11.4 Å². The quantitative estimate of drug-likeness (QED) is 0.626. The zero-order valence-electron chi connectivity index (χ0n) is 8.65. The van der Waals surface area contributed by atoms with Crippen molar-refractivity contribution >= 4 is 29.1 Å². The van der Waals surface area contributed by atoms with Crippen molar-refractivity contribution in [2.45, 2.75) is 24.0 Å². The summed E-state index contributed by atoms with van der Waals surface area (Å²) in [6, 6.07) is 0. The Morgan fingerprint density at radius 2 is 2.00 bits per heavy atom. The van der Waals surface area contributed by atoms with Crippen molar-refractivity contribution in [2.75, 3.05) is 5.73 Å². The van der Waals surface area contributed by atoms with Gasteiger partial charge < -0.3 is 5.73 Å². The molecule has 16 heavy (non-hydrogen) atoms. The number of nitrogens with zero attached hydrogens (tertiary/aromatic N) is 4. The van der Waals surface area contributed by atoms with Gasteiger partial charge in [0.2, 0.25) is 10.4 Å². The summed E-state index contributed by atoms with van der Waals surface area (Å²) in [4.78, 5) is 12.1. The molecule has 8 heteroatoms. The second-order valence-corrected chi connectivity index (χ2v) is 4.40. The number of nitrogen functional groups attached to an aromatic ring is 1. The number of anilines is 1. The number of nitrogens with one attached hydrogen (secondary N) is 1. The van der Waals surface area contributed by atoms with Gasteiger partial charge in [0, 0.05) is 0 Å². The van der Waals surface area contributed by atoms with E-state index < -0.39 is 0 Å². The van der Waals surface area contributed by atoms with Crippen LogP contribution >= 0.6 is 23.4 Å². The summed E-state index contributed by atoms with van der Waals surface area (Å²) in [5.74, 6) is 0.734. The molecule has 0 amide bonds. The van der Waals surface area contributed by atoms with Crippen molar-refractivity contribution in [1.29, 1.82) is 0 Å². The van der Waals surface area contributed by atoms with E-state index >= 15 is 0 Å². The highest BCUT2D eigenvalue weighted by atomic mass is 35.5. The molecule has 6 nitrogen and oxygen atoms in total. The Labute approximate surface area is 101 Å². The molecule has 0 unspecified atom stereocenters. The monoisotopic (exact) mass is 256 g/mol. The van der Waals surface area contributed by atoms with Crippen LogP contribution in [0.25, 0.3) is 0 Å². The van der Waals surface area contributed by atoms with Crippen LogP contribution in [-0.4, -0.2) is 25.1 Å². The van der Waals surface area contributed by atoms with Crippen LogP contribution in [0.15, 0.2) is 10.2 Å². The molecule has 2 aromatic heterocycles. The lowest BCUT2D eigenvalue weighted by Crippen LogP contribution is -1.99. The molecule has 3 N–H and O–H groups in total. The van der Waals surface area contributed by atoms with Gasteiger partial charge in [0.15, 0.2) is 0 Å². The summed E-state index contributed by atoms with van der Waals surface area (Å²) in [6.45, 7) is 3.59. The second kappa shape index (κ2) is 4.26. The van der Waals surface area contributed by atoms with Gasteiger partial charge in [-0.05, 0) is 37.2 Å². The lowest BCUT2D eigenvalue weighted by molar-refractivity contribution is 0.958. The third kappa shape index (κ3) is 2.25. The molecule has 0 aliphatic carbocycles. The lowest BCUT2D eigenvalue weighted by Gasteiger charge is -2.04. The molecule has 0 saturated carbocycles. The Balaban J connectivity index is 2.34. The zero-order valence-corrected chi connectivity index (χ0v) is 10.2. The van der Waals surface area contributed by atoms with E-state index in [1.165, 1.54) is 11.8 Å². The highest BCUT2D eigenvalue weighted by molar-refractivity contribution is 7.99. The number of hydrogen-bond donors (Lipinski definition) is 2. The van der Waals surface area contributed by atoms with Gasteiger partial charge in [-0.15, -0.1) is 5.10 Å². The van der Waals surface area contributed by atoms with Gasteiger partial charge in [-0.1, -0.05) is 0 Å². The number of aromatic nitrogens is 5. The molecule has 2 rings (SSSR count). The third-order valence-electron chi connectivity index (χ3n) is 1.84. The van der Waals surface area contributed by atoms with Crippen molar-refractivity contribution in [3.8, 4) is 0 Å². The SMILES string of the molecule is Cc1nc(Sc2nc(Cl)nc(C)c2N)n[nH]1. The molecular weight excluding hydrogens is 248 g/mol. The summed E-state index contributed by atoms with van der Waals surface area (Å²) in [7, 11) is 0. The second-order valence-electron chi connectivity index (χ2n) is 3.10. The van der Waals surface area contributed by atoms with Gasteiger partial charge in [0.25, 0.3) is 0 Å². The molecule has 0 aliphatic rings. The van der Waals surface area contributed by atoms with Crippen LogP contribution in [0, 0.1) is 13.8 Å². The minimum atomic E-state index is 0.168. The van der Waals surface area contributed by atoms with Crippen LogP contribution in [0.1, 0.15) is 11.5 Å². The molecule has 0 radical (unpaired) electrons. The van der Waals surface area contributed by atoms with Crippen LogP contribution in [-0.2, 0) is 0 Å². The zero-order chi connectivity index (χ0) is 11.7. The van der Waals surface area contributed by atoms with E-state index in [-0.39, 0.29) is 5.28 Å². The third-order valence-corrected chi connectivity index (χ3v) is 2.88. The molecule has 2 heterocycles. The molecule has 0 bridgehead atoms. The number of H-pyrrole nitrogens is 1. The standard InChI is InChI=1S/C8H9ClN6S/c1-3-5(10)6(13-7(9)11-3)16-8-12-4(2)14-15-8/h10H2,1-2H3,(H,12,14,15). The highest BCUT2D eigenvalue weighted by Crippen LogP contribution is 2.29. The number of halogens is 1. The molecule has 0 saturated heterocycles. The molecule has 0 spiro atoms. The minimum absolute atomic E-state index is 0.168. The predicted molar refractivity (Wildman–Crippen MR) is 61.4 cm³/mol. The van der Waals surface area contributed by atoms with Crippen LogP contribution in [0.2, 0.25) is 5.28 Å². The highest BCUT2D eigenvalue weighted by Gasteiger charge is 2.11. The van der Waals surface area contributed by atoms with E-state index in [9.17, 15) is 0 Å². The summed E-state index contributed by atoms with van der Waals surface area (Å²) in [5, 5.41) is 8.01. The molecular formula is C8H9ClN6S. The Morgan fingerprint density at radius 3 is 2.62 bits per heavy atom. The normalized spacial score (nSPS) is 10.7. The van der Waals surface area contributed by atoms with Gasteiger partial charge in [-0.25, -0.2) is 15.0 Å². The fourth-order valence-corrected chi connectivity index (χ4v) is 2.15. The number of aromatic amines is 1. The minimum Gasteiger partial charge on any atom is -0.395 e. The molecule has 0 fully saturated rings. The summed E-state index contributed by atoms with van der Waals surface area (Å²) < 4.78 is 0. The smallest absolute Gasteiger partial charge is 0.223 e. The fraction of sp³-hybridized carbons (Fsp3) is 0.250. The van der Waals surface area contributed by atoms with E-state index in [0.717, 1.165) is 5.82 Å². The summed E-state index contributed by atoms with van der Waals surface area (Å²) in [5.41, 5.74) is 6.98. The van der Waals surface area contributed by atoms with E-state index in [1.807, 2.05) is 6.92 Å². The van der Waals surface area contributed by atoms with Crippen molar-refractivity contribution in [1.82, 2.24) is 25.1 Å². The number of aryl methyl sites for hydroxylation is 2. The van der Waals surface area contributed by atoms with Crippen molar-refractivity contribution < 1.29 is 0 Å². The first-order chi connectivity index (χ1) is 7.56. The van der Waals surface area contributed by atoms with E-state index in [2.05, 4.69) is 25.1 Å². The molecule has 0 aliphatic heterocycles. The summed E-state index contributed by atoms with van der Waals surface area (Å²) >= 11 is 7.00. The average molecular weight is 257 g/mol. The van der Waals surface area contributed by atoms with Crippen LogP contribution in [0.3, 0.4) is 0 Å². The van der Waals surface area contributed by atoms with Crippen molar-refractivity contribution in [2.24, 2.45) is 0 Å². The maximum absolute atomic E-state index is 5.84. The maximum Gasteiger partial charge on any atom is 0.223 e. The number of hydrogen-bond acceptors (Lipinski definition) is 6. The Kier molecular flexibility index (Phi) is 2.97. The first-order valence-electron chi connectivity index (χ1n) is 4.42. The Morgan fingerprint density at radius 1 is 1.25 bits per heavy atom. The number of rotatable bonds is 2. The maximum atomic E-state index is 5.84. The van der Waals surface area contributed by atoms with Gasteiger partial charge in [0.1, 0.15) is 10.9 Å².